The zero-order valence-electron chi connectivity index (χ0n) is 17.1. The third-order valence-corrected chi connectivity index (χ3v) is 6.19. The molecule has 1 aromatic rings. The van der Waals surface area contributed by atoms with Gasteiger partial charge in [-0.15, -0.1) is 0 Å². The van der Waals surface area contributed by atoms with Gasteiger partial charge in [-0.05, 0) is 58.0 Å². The number of amides is 1. The summed E-state index contributed by atoms with van der Waals surface area (Å²) in [6.07, 6.45) is 5.02. The monoisotopic (exact) mass is 377 g/mol. The third kappa shape index (κ3) is 4.55. The number of likely N-dealkylation sites (N-methyl/N-ethyl adjacent to an activating group) is 1. The molecule has 2 aliphatic heterocycles. The second-order valence-corrected chi connectivity index (χ2v) is 8.12. The van der Waals surface area contributed by atoms with Crippen LogP contribution in [0.15, 0.2) is 16.5 Å². The number of aryl methyl sites for hydroxylation is 1. The van der Waals surface area contributed by atoms with Crippen molar-refractivity contribution < 1.29 is 13.9 Å². The predicted molar refractivity (Wildman–Crippen MR) is 106 cm³/mol. The second-order valence-electron chi connectivity index (χ2n) is 8.12. The first-order chi connectivity index (χ1) is 13.1. The number of nitrogens with zero attached hydrogens (tertiary/aromatic N) is 2. The molecule has 2 saturated heterocycles. The Morgan fingerprint density at radius 1 is 1.33 bits per heavy atom. The number of hydrogen-bond acceptors (Lipinski definition) is 5. The van der Waals surface area contributed by atoms with Crippen LogP contribution in [0.3, 0.4) is 0 Å². The summed E-state index contributed by atoms with van der Waals surface area (Å²) in [6, 6.07) is 4.43. The van der Waals surface area contributed by atoms with Gasteiger partial charge >= 0.3 is 0 Å². The number of ether oxygens (including phenoxy) is 1. The molecule has 27 heavy (non-hydrogen) atoms. The van der Waals surface area contributed by atoms with Gasteiger partial charge in [0.15, 0.2) is 0 Å². The minimum Gasteiger partial charge on any atom is -0.465 e. The number of nitrogens with one attached hydrogen (secondary N) is 1. The van der Waals surface area contributed by atoms with E-state index in [4.69, 9.17) is 9.15 Å². The average Bonchev–Trinajstić information content (AvgIpc) is 3.10. The molecule has 0 aromatic carbocycles. The SMILES string of the molecule is CCCc1ccc(CN2CCC[C@@]3(C(=O)NCCOC)CCN(C)C[C@H]23)o1. The van der Waals surface area contributed by atoms with E-state index < -0.39 is 0 Å². The summed E-state index contributed by atoms with van der Waals surface area (Å²) in [5.74, 6) is 2.28. The summed E-state index contributed by atoms with van der Waals surface area (Å²) < 4.78 is 11.1. The van der Waals surface area contributed by atoms with Crippen molar-refractivity contribution in [1.29, 1.82) is 0 Å². The van der Waals surface area contributed by atoms with Crippen LogP contribution < -0.4 is 5.32 Å². The van der Waals surface area contributed by atoms with E-state index in [-0.39, 0.29) is 17.4 Å². The van der Waals surface area contributed by atoms with Crippen LogP contribution in [0.1, 0.15) is 44.1 Å². The minimum atomic E-state index is -0.294. The van der Waals surface area contributed by atoms with E-state index >= 15 is 0 Å². The van der Waals surface area contributed by atoms with Crippen LogP contribution >= 0.6 is 0 Å². The van der Waals surface area contributed by atoms with Crippen molar-refractivity contribution in [3.05, 3.63) is 23.7 Å². The minimum absolute atomic E-state index is 0.202. The molecule has 1 amide bonds. The highest BCUT2D eigenvalue weighted by Gasteiger charge is 2.52. The van der Waals surface area contributed by atoms with Crippen LogP contribution in [0.2, 0.25) is 0 Å². The van der Waals surface area contributed by atoms with Crippen LogP contribution in [0.25, 0.3) is 0 Å². The van der Waals surface area contributed by atoms with Crippen LogP contribution in [0, 0.1) is 5.41 Å². The Morgan fingerprint density at radius 3 is 2.93 bits per heavy atom. The molecule has 0 bridgehead atoms. The molecular formula is C21H35N3O3. The van der Waals surface area contributed by atoms with Crippen molar-refractivity contribution in [3.63, 3.8) is 0 Å². The molecule has 152 valence electrons. The van der Waals surface area contributed by atoms with E-state index in [2.05, 4.69) is 41.2 Å². The maximum atomic E-state index is 13.2. The first-order valence-corrected chi connectivity index (χ1v) is 10.4. The van der Waals surface area contributed by atoms with Gasteiger partial charge in [0.1, 0.15) is 11.5 Å². The predicted octanol–water partition coefficient (Wildman–Crippen LogP) is 2.28. The Hall–Kier alpha value is -1.37. The van der Waals surface area contributed by atoms with E-state index in [0.29, 0.717) is 13.2 Å². The van der Waals surface area contributed by atoms with Crippen LogP contribution in [0.4, 0.5) is 0 Å². The zero-order valence-corrected chi connectivity index (χ0v) is 17.1. The summed E-state index contributed by atoms with van der Waals surface area (Å²) in [5.41, 5.74) is -0.294. The highest BCUT2D eigenvalue weighted by molar-refractivity contribution is 5.84. The van der Waals surface area contributed by atoms with Gasteiger partial charge in [0.25, 0.3) is 0 Å². The summed E-state index contributed by atoms with van der Waals surface area (Å²) >= 11 is 0. The lowest BCUT2D eigenvalue weighted by molar-refractivity contribution is -0.145. The molecule has 1 aromatic heterocycles. The third-order valence-electron chi connectivity index (χ3n) is 6.19. The zero-order chi connectivity index (χ0) is 19.3. The van der Waals surface area contributed by atoms with Crippen molar-refractivity contribution in [2.45, 2.75) is 51.6 Å². The van der Waals surface area contributed by atoms with Gasteiger partial charge in [-0.1, -0.05) is 6.92 Å². The molecule has 2 atom stereocenters. The molecule has 2 aliphatic rings. The second kappa shape index (κ2) is 9.22. The van der Waals surface area contributed by atoms with E-state index in [9.17, 15) is 4.79 Å². The van der Waals surface area contributed by atoms with E-state index in [1.165, 1.54) is 0 Å². The molecule has 1 N–H and O–H groups in total. The number of hydrogen-bond donors (Lipinski definition) is 1. The molecule has 0 saturated carbocycles. The fourth-order valence-electron chi connectivity index (χ4n) is 4.73. The molecule has 3 rings (SSSR count). The lowest BCUT2D eigenvalue weighted by atomic mass is 9.67. The molecule has 6 heteroatoms. The van der Waals surface area contributed by atoms with E-state index in [1.54, 1.807) is 7.11 Å². The Balaban J connectivity index is 1.75. The number of piperidine rings is 2. The molecule has 2 fully saturated rings. The first-order valence-electron chi connectivity index (χ1n) is 10.4. The maximum absolute atomic E-state index is 13.2. The average molecular weight is 378 g/mol. The fraction of sp³-hybridized carbons (Fsp3) is 0.762. The van der Waals surface area contributed by atoms with Gasteiger partial charge in [-0.3, -0.25) is 9.69 Å². The molecule has 0 radical (unpaired) electrons. The number of methoxy groups -OCH3 is 1. The number of rotatable bonds is 8. The molecule has 3 heterocycles. The largest absolute Gasteiger partial charge is 0.465 e. The van der Waals surface area contributed by atoms with Gasteiger partial charge in [0.05, 0.1) is 18.6 Å². The van der Waals surface area contributed by atoms with Crippen molar-refractivity contribution in [2.24, 2.45) is 5.41 Å². The molecule has 0 aliphatic carbocycles. The van der Waals surface area contributed by atoms with Gasteiger partial charge in [-0.2, -0.15) is 0 Å². The molecule has 0 spiro atoms. The summed E-state index contributed by atoms with van der Waals surface area (Å²) in [5, 5.41) is 3.13. The van der Waals surface area contributed by atoms with E-state index in [1.807, 2.05) is 0 Å². The van der Waals surface area contributed by atoms with Crippen LogP contribution in [-0.4, -0.2) is 68.7 Å². The lowest BCUT2D eigenvalue weighted by Crippen LogP contribution is -2.65. The molecular weight excluding hydrogens is 342 g/mol. The number of likely N-dealkylation sites (tertiary alicyclic amines) is 2. The number of carbonyl (C=O) groups is 1. The fourth-order valence-corrected chi connectivity index (χ4v) is 4.73. The first kappa shape index (κ1) is 20.4. The Morgan fingerprint density at radius 2 is 2.15 bits per heavy atom. The number of furan rings is 1. The van der Waals surface area contributed by atoms with Crippen molar-refractivity contribution in [3.8, 4) is 0 Å². The smallest absolute Gasteiger partial charge is 0.227 e. The van der Waals surface area contributed by atoms with E-state index in [0.717, 1.165) is 69.8 Å². The quantitative estimate of drug-likeness (QED) is 0.705. The Kier molecular flexibility index (Phi) is 6.95. The highest BCUT2D eigenvalue weighted by atomic mass is 16.5. The number of carbonyl (C=O) groups excluding carboxylic acids is 1. The van der Waals surface area contributed by atoms with Gasteiger partial charge in [-0.25, -0.2) is 0 Å². The standard InChI is InChI=1S/C21H35N3O3/c1-4-6-17-7-8-18(27-17)15-24-12-5-9-21(20(25)22-11-14-26-3)10-13-23(2)16-19(21)24/h7-8,19H,4-6,9-16H2,1-3H3,(H,22,25)/t19-,21+/m0/s1. The van der Waals surface area contributed by atoms with Gasteiger partial charge < -0.3 is 19.4 Å². The maximum Gasteiger partial charge on any atom is 0.227 e. The van der Waals surface area contributed by atoms with Gasteiger partial charge in [0, 0.05) is 32.7 Å². The van der Waals surface area contributed by atoms with Gasteiger partial charge in [0.2, 0.25) is 5.91 Å². The molecule has 6 nitrogen and oxygen atoms in total. The normalized spacial score (nSPS) is 26.7. The van der Waals surface area contributed by atoms with Crippen LogP contribution in [-0.2, 0) is 22.5 Å². The lowest BCUT2D eigenvalue weighted by Gasteiger charge is -2.53. The topological polar surface area (TPSA) is 58.0 Å². The van der Waals surface area contributed by atoms with Crippen molar-refractivity contribution >= 4 is 5.91 Å². The van der Waals surface area contributed by atoms with Crippen molar-refractivity contribution in [2.75, 3.05) is 46.9 Å². The molecule has 0 unspecified atom stereocenters. The number of fused-ring (bicyclic) bond motifs is 1. The summed E-state index contributed by atoms with van der Waals surface area (Å²) in [7, 11) is 3.83. The summed E-state index contributed by atoms with van der Waals surface area (Å²) in [4.78, 5) is 18.0. The Bertz CT molecular complexity index is 618. The summed E-state index contributed by atoms with van der Waals surface area (Å²) in [6.45, 7) is 7.02. The Labute approximate surface area is 163 Å². The van der Waals surface area contributed by atoms with Crippen LogP contribution in [0.5, 0.6) is 0 Å². The van der Waals surface area contributed by atoms with Crippen molar-refractivity contribution in [1.82, 2.24) is 15.1 Å². The highest BCUT2D eigenvalue weighted by Crippen LogP contribution is 2.43.